The van der Waals surface area contributed by atoms with E-state index in [-0.39, 0.29) is 23.8 Å². The Labute approximate surface area is 169 Å². The van der Waals surface area contributed by atoms with Gasteiger partial charge in [-0.15, -0.1) is 11.3 Å². The van der Waals surface area contributed by atoms with Gasteiger partial charge in [-0.25, -0.2) is 9.37 Å². The van der Waals surface area contributed by atoms with Crippen LogP contribution in [0.2, 0.25) is 0 Å². The van der Waals surface area contributed by atoms with Gasteiger partial charge in [-0.05, 0) is 29.8 Å². The lowest BCUT2D eigenvalue weighted by molar-refractivity contribution is -0.116. The third-order valence-electron chi connectivity index (χ3n) is 4.41. The Hall–Kier alpha value is -3.52. The molecule has 2 aromatic carbocycles. The first kappa shape index (κ1) is 18.8. The van der Waals surface area contributed by atoms with Crippen LogP contribution in [0.15, 0.2) is 65.0 Å². The average Bonchev–Trinajstić information content (AvgIpc) is 3.16. The van der Waals surface area contributed by atoms with Crippen LogP contribution in [-0.4, -0.2) is 22.6 Å². The monoisotopic (exact) mass is 409 g/mol. The Morgan fingerprint density at radius 3 is 2.72 bits per heavy atom. The quantitative estimate of drug-likeness (QED) is 0.542. The average molecular weight is 409 g/mol. The summed E-state index contributed by atoms with van der Waals surface area (Å²) >= 11 is 1.33. The summed E-state index contributed by atoms with van der Waals surface area (Å²) in [5.41, 5.74) is 1.57. The van der Waals surface area contributed by atoms with Crippen LogP contribution in [0.25, 0.3) is 21.3 Å². The van der Waals surface area contributed by atoms with Crippen molar-refractivity contribution < 1.29 is 13.9 Å². The van der Waals surface area contributed by atoms with Gasteiger partial charge in [0.2, 0.25) is 5.91 Å². The topological polar surface area (TPSA) is 73.2 Å². The molecule has 0 radical (unpaired) electrons. The predicted molar refractivity (Wildman–Crippen MR) is 111 cm³/mol. The third-order valence-corrected chi connectivity index (χ3v) is 5.30. The minimum atomic E-state index is -0.378. The van der Waals surface area contributed by atoms with Crippen LogP contribution in [0.1, 0.15) is 0 Å². The number of thiophene rings is 1. The molecule has 8 heteroatoms. The largest absolute Gasteiger partial charge is 0.495 e. The molecule has 0 spiro atoms. The molecule has 1 amide bonds. The number of nitrogens with zero attached hydrogens (tertiary/aromatic N) is 2. The Morgan fingerprint density at radius 1 is 1.21 bits per heavy atom. The maximum absolute atomic E-state index is 13.2. The molecule has 0 saturated heterocycles. The molecule has 0 unspecified atom stereocenters. The number of hydrogen-bond acceptors (Lipinski definition) is 5. The number of rotatable bonds is 5. The van der Waals surface area contributed by atoms with Crippen LogP contribution in [0.5, 0.6) is 5.75 Å². The number of nitrogens with one attached hydrogen (secondary N) is 1. The maximum Gasteiger partial charge on any atom is 0.263 e. The fourth-order valence-electron chi connectivity index (χ4n) is 3.01. The molecule has 146 valence electrons. The van der Waals surface area contributed by atoms with Crippen LogP contribution in [0.4, 0.5) is 10.1 Å². The van der Waals surface area contributed by atoms with Crippen molar-refractivity contribution in [2.24, 2.45) is 0 Å². The van der Waals surface area contributed by atoms with E-state index in [0.29, 0.717) is 32.8 Å². The maximum atomic E-state index is 13.2. The fraction of sp³-hybridized carbons (Fsp3) is 0.0952. The van der Waals surface area contributed by atoms with Crippen molar-refractivity contribution >= 4 is 33.1 Å². The summed E-state index contributed by atoms with van der Waals surface area (Å²) < 4.78 is 19.7. The molecule has 2 aromatic heterocycles. The predicted octanol–water partition coefficient (Wildman–Crippen LogP) is 3.91. The van der Waals surface area contributed by atoms with Crippen LogP contribution < -0.4 is 15.6 Å². The Kier molecular flexibility index (Phi) is 5.09. The standard InChI is InChI=1S/C21H16FN3O3S/c1-28-17-5-3-2-4-16(17)24-18(26)10-25-12-23-20-19(21(25)27)15(11-29-20)13-6-8-14(22)9-7-13/h2-9,11-12H,10H2,1H3,(H,24,26). The Bertz CT molecular complexity index is 1250. The van der Waals surface area contributed by atoms with Gasteiger partial charge in [0, 0.05) is 10.9 Å². The van der Waals surface area contributed by atoms with Crippen molar-refractivity contribution in [2.75, 3.05) is 12.4 Å². The van der Waals surface area contributed by atoms with Crippen LogP contribution in [0, 0.1) is 5.82 Å². The summed E-state index contributed by atoms with van der Waals surface area (Å²) in [4.78, 5) is 30.4. The van der Waals surface area contributed by atoms with Crippen molar-refractivity contribution in [3.63, 3.8) is 0 Å². The number of halogens is 1. The van der Waals surface area contributed by atoms with Crippen molar-refractivity contribution in [1.82, 2.24) is 9.55 Å². The van der Waals surface area contributed by atoms with Crippen LogP contribution >= 0.6 is 11.3 Å². The lowest BCUT2D eigenvalue weighted by Gasteiger charge is -2.10. The van der Waals surface area contributed by atoms with Crippen molar-refractivity contribution in [2.45, 2.75) is 6.54 Å². The summed E-state index contributed by atoms with van der Waals surface area (Å²) in [6.07, 6.45) is 1.36. The summed E-state index contributed by atoms with van der Waals surface area (Å²) in [6, 6.07) is 12.9. The molecular formula is C21H16FN3O3S. The molecule has 0 aliphatic rings. The lowest BCUT2D eigenvalue weighted by atomic mass is 10.1. The van der Waals surface area contributed by atoms with Gasteiger partial charge < -0.3 is 10.1 Å². The number of carbonyl (C=O) groups excluding carboxylic acids is 1. The summed E-state index contributed by atoms with van der Waals surface area (Å²) in [7, 11) is 1.51. The van der Waals surface area contributed by atoms with E-state index in [1.807, 2.05) is 5.38 Å². The molecule has 29 heavy (non-hydrogen) atoms. The summed E-state index contributed by atoms with van der Waals surface area (Å²) in [5, 5.41) is 4.96. The highest BCUT2D eigenvalue weighted by Gasteiger charge is 2.15. The highest BCUT2D eigenvalue weighted by Crippen LogP contribution is 2.30. The van der Waals surface area contributed by atoms with Crippen LogP contribution in [0.3, 0.4) is 0 Å². The second kappa shape index (κ2) is 7.84. The first-order chi connectivity index (χ1) is 14.1. The van der Waals surface area contributed by atoms with E-state index < -0.39 is 0 Å². The third kappa shape index (κ3) is 3.74. The van der Waals surface area contributed by atoms with Gasteiger partial charge in [0.15, 0.2) is 0 Å². The number of anilines is 1. The molecule has 1 N–H and O–H groups in total. The number of methoxy groups -OCH3 is 1. The molecule has 0 bridgehead atoms. The first-order valence-corrected chi connectivity index (χ1v) is 9.60. The highest BCUT2D eigenvalue weighted by molar-refractivity contribution is 7.17. The second-order valence-electron chi connectivity index (χ2n) is 6.26. The van der Waals surface area contributed by atoms with Crippen molar-refractivity contribution in [1.29, 1.82) is 0 Å². The fourth-order valence-corrected chi connectivity index (χ4v) is 3.92. The zero-order valence-corrected chi connectivity index (χ0v) is 16.2. The zero-order chi connectivity index (χ0) is 20.4. The molecule has 0 saturated carbocycles. The van der Waals surface area contributed by atoms with Gasteiger partial charge in [-0.2, -0.15) is 0 Å². The van der Waals surface area contributed by atoms with E-state index >= 15 is 0 Å². The molecule has 0 aliphatic heterocycles. The Morgan fingerprint density at radius 2 is 1.97 bits per heavy atom. The van der Waals surface area contributed by atoms with Gasteiger partial charge >= 0.3 is 0 Å². The molecule has 4 rings (SSSR count). The number of fused-ring (bicyclic) bond motifs is 1. The minimum Gasteiger partial charge on any atom is -0.495 e. The number of benzene rings is 2. The summed E-state index contributed by atoms with van der Waals surface area (Å²) in [5.74, 6) is -0.202. The van der Waals surface area contributed by atoms with Gasteiger partial charge in [-0.1, -0.05) is 24.3 Å². The number of amides is 1. The smallest absolute Gasteiger partial charge is 0.263 e. The van der Waals surface area contributed by atoms with E-state index in [2.05, 4.69) is 10.3 Å². The molecule has 0 atom stereocenters. The molecular weight excluding hydrogens is 393 g/mol. The van der Waals surface area contributed by atoms with Crippen molar-refractivity contribution in [3.05, 3.63) is 76.4 Å². The summed E-state index contributed by atoms with van der Waals surface area (Å²) in [6.45, 7) is -0.196. The molecule has 0 fully saturated rings. The number of para-hydroxylation sites is 2. The highest BCUT2D eigenvalue weighted by atomic mass is 32.1. The van der Waals surface area contributed by atoms with Gasteiger partial charge in [0.25, 0.3) is 5.56 Å². The SMILES string of the molecule is COc1ccccc1NC(=O)Cn1cnc2scc(-c3ccc(F)cc3)c2c1=O. The number of hydrogen-bond donors (Lipinski definition) is 1. The molecule has 4 aromatic rings. The van der Waals surface area contributed by atoms with E-state index in [4.69, 9.17) is 4.74 Å². The normalized spacial score (nSPS) is 10.8. The van der Waals surface area contributed by atoms with Crippen LogP contribution in [-0.2, 0) is 11.3 Å². The second-order valence-corrected chi connectivity index (χ2v) is 7.12. The number of aromatic nitrogens is 2. The molecule has 2 heterocycles. The number of ether oxygens (including phenoxy) is 1. The first-order valence-electron chi connectivity index (χ1n) is 8.72. The van der Waals surface area contributed by atoms with Gasteiger partial charge in [0.05, 0.1) is 24.5 Å². The Balaban J connectivity index is 1.65. The van der Waals surface area contributed by atoms with E-state index in [9.17, 15) is 14.0 Å². The molecule has 0 aliphatic carbocycles. The van der Waals surface area contributed by atoms with E-state index in [0.717, 1.165) is 0 Å². The zero-order valence-electron chi connectivity index (χ0n) is 15.4. The minimum absolute atomic E-state index is 0.196. The van der Waals surface area contributed by atoms with Crippen molar-refractivity contribution in [3.8, 4) is 16.9 Å². The number of carbonyl (C=O) groups is 1. The molecule has 6 nitrogen and oxygen atoms in total. The van der Waals surface area contributed by atoms with E-state index in [1.165, 1.54) is 41.5 Å². The van der Waals surface area contributed by atoms with Gasteiger partial charge in [0.1, 0.15) is 22.9 Å². The van der Waals surface area contributed by atoms with E-state index in [1.54, 1.807) is 36.4 Å². The lowest BCUT2D eigenvalue weighted by Crippen LogP contribution is -2.27. The van der Waals surface area contributed by atoms with Gasteiger partial charge in [-0.3, -0.25) is 14.2 Å².